The first kappa shape index (κ1) is 19.6. The molecule has 9 heteroatoms. The summed E-state index contributed by atoms with van der Waals surface area (Å²) in [5.74, 6) is -1.14. The number of nitrogens with zero attached hydrogens (tertiary/aromatic N) is 3. The molecule has 0 spiro atoms. The fourth-order valence-electron chi connectivity index (χ4n) is 3.08. The number of pyridine rings is 2. The molecule has 0 fully saturated rings. The van der Waals surface area contributed by atoms with E-state index in [0.29, 0.717) is 16.9 Å². The molecule has 0 aliphatic carbocycles. The molecule has 0 unspecified atom stereocenters. The third kappa shape index (κ3) is 3.73. The Hall–Kier alpha value is -3.75. The maximum atomic E-state index is 13.6. The lowest BCUT2D eigenvalue weighted by Gasteiger charge is -2.20. The van der Waals surface area contributed by atoms with E-state index < -0.39 is 23.9 Å². The SMILES string of the molecule is O=C(N[C@H](c1ccccn1)C(F)(F)F)c1nc(-c2ccc(F)cc2)n2ccccc12. The van der Waals surface area contributed by atoms with Crippen molar-refractivity contribution in [1.82, 2.24) is 19.7 Å². The van der Waals surface area contributed by atoms with Gasteiger partial charge in [-0.2, -0.15) is 13.2 Å². The number of alkyl halides is 3. The zero-order valence-electron chi connectivity index (χ0n) is 15.3. The van der Waals surface area contributed by atoms with Crippen molar-refractivity contribution in [2.45, 2.75) is 12.2 Å². The van der Waals surface area contributed by atoms with Crippen molar-refractivity contribution in [3.63, 3.8) is 0 Å². The van der Waals surface area contributed by atoms with Crippen molar-refractivity contribution in [2.75, 3.05) is 0 Å². The summed E-state index contributed by atoms with van der Waals surface area (Å²) < 4.78 is 55.6. The van der Waals surface area contributed by atoms with Gasteiger partial charge in [0.25, 0.3) is 5.91 Å². The second kappa shape index (κ2) is 7.58. The summed E-state index contributed by atoms with van der Waals surface area (Å²) in [6.45, 7) is 0. The van der Waals surface area contributed by atoms with Crippen LogP contribution in [0.2, 0.25) is 0 Å². The predicted molar refractivity (Wildman–Crippen MR) is 101 cm³/mol. The number of hydrogen-bond donors (Lipinski definition) is 1. The Morgan fingerprint density at radius 2 is 1.73 bits per heavy atom. The molecule has 1 atom stereocenters. The van der Waals surface area contributed by atoms with E-state index in [1.54, 1.807) is 28.8 Å². The van der Waals surface area contributed by atoms with Gasteiger partial charge in [0.1, 0.15) is 11.6 Å². The highest BCUT2D eigenvalue weighted by Crippen LogP contribution is 2.32. The highest BCUT2D eigenvalue weighted by molar-refractivity contribution is 6.00. The summed E-state index contributed by atoms with van der Waals surface area (Å²) >= 11 is 0. The molecule has 30 heavy (non-hydrogen) atoms. The molecule has 0 bridgehead atoms. The minimum atomic E-state index is -4.75. The van der Waals surface area contributed by atoms with Gasteiger partial charge < -0.3 is 5.32 Å². The summed E-state index contributed by atoms with van der Waals surface area (Å²) in [6, 6.07) is 12.1. The van der Waals surface area contributed by atoms with Crippen LogP contribution < -0.4 is 5.32 Å². The van der Waals surface area contributed by atoms with Gasteiger partial charge in [-0.3, -0.25) is 14.2 Å². The summed E-state index contributed by atoms with van der Waals surface area (Å²) in [4.78, 5) is 20.8. The lowest BCUT2D eigenvalue weighted by Crippen LogP contribution is -2.38. The van der Waals surface area contributed by atoms with Crippen molar-refractivity contribution in [2.24, 2.45) is 0 Å². The standard InChI is InChI=1S/C21H14F4N4O/c22-14-9-7-13(8-10-14)19-27-17(16-6-2-4-12-29(16)19)20(30)28-18(21(23,24)25)15-5-1-3-11-26-15/h1-12,18H,(H,28,30)/t18-/m1/s1. The van der Waals surface area contributed by atoms with Gasteiger partial charge >= 0.3 is 6.18 Å². The van der Waals surface area contributed by atoms with E-state index in [4.69, 9.17) is 0 Å². The van der Waals surface area contributed by atoms with Crippen molar-refractivity contribution in [1.29, 1.82) is 0 Å². The van der Waals surface area contributed by atoms with E-state index in [0.717, 1.165) is 0 Å². The molecule has 1 aromatic carbocycles. The van der Waals surface area contributed by atoms with Crippen molar-refractivity contribution in [3.05, 3.63) is 90.3 Å². The minimum Gasteiger partial charge on any atom is -0.334 e. The first-order chi connectivity index (χ1) is 14.3. The molecule has 0 saturated heterocycles. The molecular weight excluding hydrogens is 400 g/mol. The van der Waals surface area contributed by atoms with Crippen LogP contribution in [0.3, 0.4) is 0 Å². The number of carbonyl (C=O) groups excluding carboxylic acids is 1. The van der Waals surface area contributed by atoms with Crippen LogP contribution in [0.5, 0.6) is 0 Å². The largest absolute Gasteiger partial charge is 0.414 e. The Morgan fingerprint density at radius 3 is 2.40 bits per heavy atom. The van der Waals surface area contributed by atoms with Crippen LogP contribution >= 0.6 is 0 Å². The fourth-order valence-corrected chi connectivity index (χ4v) is 3.08. The van der Waals surface area contributed by atoms with Gasteiger partial charge in [-0.05, 0) is 48.5 Å². The Morgan fingerprint density at radius 1 is 1.00 bits per heavy atom. The first-order valence-electron chi connectivity index (χ1n) is 8.86. The Labute approximate surface area is 168 Å². The molecule has 0 radical (unpaired) electrons. The molecular formula is C21H14F4N4O. The van der Waals surface area contributed by atoms with Crippen LogP contribution in [-0.2, 0) is 0 Å². The molecule has 0 saturated carbocycles. The molecule has 1 amide bonds. The van der Waals surface area contributed by atoms with E-state index in [2.05, 4.69) is 9.97 Å². The highest BCUT2D eigenvalue weighted by atomic mass is 19.4. The van der Waals surface area contributed by atoms with Crippen LogP contribution in [0.25, 0.3) is 16.9 Å². The molecule has 3 aromatic heterocycles. The number of amides is 1. The van der Waals surface area contributed by atoms with Gasteiger partial charge in [-0.25, -0.2) is 9.37 Å². The lowest BCUT2D eigenvalue weighted by atomic mass is 10.1. The molecule has 4 rings (SSSR count). The maximum absolute atomic E-state index is 13.6. The third-order valence-electron chi connectivity index (χ3n) is 4.45. The molecule has 3 heterocycles. The van der Waals surface area contributed by atoms with E-state index >= 15 is 0 Å². The number of aromatic nitrogens is 3. The van der Waals surface area contributed by atoms with Crippen molar-refractivity contribution in [3.8, 4) is 11.4 Å². The topological polar surface area (TPSA) is 59.3 Å². The van der Waals surface area contributed by atoms with Crippen LogP contribution in [0.15, 0.2) is 73.1 Å². The second-order valence-corrected chi connectivity index (χ2v) is 6.45. The minimum absolute atomic E-state index is 0.180. The van der Waals surface area contributed by atoms with Gasteiger partial charge in [0, 0.05) is 18.0 Å². The number of carbonyl (C=O) groups is 1. The number of fused-ring (bicyclic) bond motifs is 1. The van der Waals surface area contributed by atoms with Crippen molar-refractivity contribution >= 4 is 11.4 Å². The zero-order valence-corrected chi connectivity index (χ0v) is 15.3. The highest BCUT2D eigenvalue weighted by Gasteiger charge is 2.43. The predicted octanol–water partition coefficient (Wildman–Crippen LogP) is 4.57. The molecule has 5 nitrogen and oxygen atoms in total. The van der Waals surface area contributed by atoms with Crippen molar-refractivity contribution < 1.29 is 22.4 Å². The number of halogens is 4. The molecule has 0 aliphatic rings. The van der Waals surface area contributed by atoms with Crippen LogP contribution in [0.1, 0.15) is 22.2 Å². The van der Waals surface area contributed by atoms with Crippen LogP contribution in [-0.4, -0.2) is 26.5 Å². The summed E-state index contributed by atoms with van der Waals surface area (Å²) in [7, 11) is 0. The van der Waals surface area contributed by atoms with Gasteiger partial charge in [0.05, 0.1) is 11.2 Å². The van der Waals surface area contributed by atoms with Crippen LogP contribution in [0.4, 0.5) is 17.6 Å². The first-order valence-corrected chi connectivity index (χ1v) is 8.86. The number of imidazole rings is 1. The Kier molecular flexibility index (Phi) is 4.94. The average Bonchev–Trinajstić information content (AvgIpc) is 3.12. The molecule has 1 N–H and O–H groups in total. The zero-order chi connectivity index (χ0) is 21.3. The van der Waals surface area contributed by atoms with Crippen LogP contribution in [0, 0.1) is 5.82 Å². The monoisotopic (exact) mass is 414 g/mol. The van der Waals surface area contributed by atoms with Gasteiger partial charge in [0.15, 0.2) is 11.7 Å². The van der Waals surface area contributed by atoms with E-state index in [-0.39, 0.29) is 11.4 Å². The molecule has 152 valence electrons. The Balaban J connectivity index is 1.75. The smallest absolute Gasteiger partial charge is 0.334 e. The number of rotatable bonds is 4. The third-order valence-corrected chi connectivity index (χ3v) is 4.45. The average molecular weight is 414 g/mol. The second-order valence-electron chi connectivity index (χ2n) is 6.45. The maximum Gasteiger partial charge on any atom is 0.414 e. The summed E-state index contributed by atoms with van der Waals surface area (Å²) in [5, 5.41) is 1.99. The molecule has 4 aromatic rings. The summed E-state index contributed by atoms with van der Waals surface area (Å²) in [5.41, 5.74) is 0.311. The number of benzene rings is 1. The van der Waals surface area contributed by atoms with E-state index in [1.807, 2.05) is 5.32 Å². The quantitative estimate of drug-likeness (QED) is 0.498. The molecule has 0 aliphatic heterocycles. The number of hydrogen-bond acceptors (Lipinski definition) is 3. The Bertz CT molecular complexity index is 1190. The van der Waals surface area contributed by atoms with Gasteiger partial charge in [0.2, 0.25) is 0 Å². The normalized spacial score (nSPS) is 12.7. The van der Waals surface area contributed by atoms with E-state index in [1.165, 1.54) is 48.7 Å². The lowest BCUT2D eigenvalue weighted by molar-refractivity contribution is -0.156. The van der Waals surface area contributed by atoms with E-state index in [9.17, 15) is 22.4 Å². The number of nitrogens with one attached hydrogen (secondary N) is 1. The van der Waals surface area contributed by atoms with Gasteiger partial charge in [-0.15, -0.1) is 0 Å². The van der Waals surface area contributed by atoms with Gasteiger partial charge in [-0.1, -0.05) is 12.1 Å². The summed E-state index contributed by atoms with van der Waals surface area (Å²) in [6.07, 6.45) is -1.91. The fraction of sp³-hybridized carbons (Fsp3) is 0.0952.